The molecule has 0 bridgehead atoms. The Labute approximate surface area is 348 Å². The van der Waals surface area contributed by atoms with Crippen LogP contribution >= 0.6 is 0 Å². The summed E-state index contributed by atoms with van der Waals surface area (Å²) in [4.78, 5) is 14.4. The van der Waals surface area contributed by atoms with Crippen LogP contribution in [-0.4, -0.2) is 4.40 Å². The van der Waals surface area contributed by atoms with Crippen LogP contribution in [0.5, 0.6) is 0 Å². The van der Waals surface area contributed by atoms with Crippen molar-refractivity contribution in [1.82, 2.24) is 4.40 Å². The summed E-state index contributed by atoms with van der Waals surface area (Å²) in [6.07, 6.45) is 0.867. The molecule has 0 N–H and O–H groups in total. The van der Waals surface area contributed by atoms with Crippen LogP contribution < -0.4 is 5.56 Å². The number of furan rings is 2. The minimum Gasteiger partial charge on any atom is -0.456 e. The van der Waals surface area contributed by atoms with E-state index in [1.807, 2.05) is 22.6 Å². The molecule has 4 aromatic heterocycles. The van der Waals surface area contributed by atoms with E-state index in [2.05, 4.69) is 164 Å². The van der Waals surface area contributed by atoms with E-state index in [1.165, 1.54) is 27.8 Å². The van der Waals surface area contributed by atoms with Gasteiger partial charge in [0.1, 0.15) is 22.3 Å². The fourth-order valence-corrected chi connectivity index (χ4v) is 10.8. The molecule has 0 saturated heterocycles. The summed E-state index contributed by atoms with van der Waals surface area (Å²) in [7, 11) is 0. The van der Waals surface area contributed by atoms with Crippen LogP contribution in [0.4, 0.5) is 0 Å². The van der Waals surface area contributed by atoms with Crippen LogP contribution in [0.3, 0.4) is 0 Å². The highest BCUT2D eigenvalue weighted by molar-refractivity contribution is 6.22. The number of para-hydroxylation sites is 2. The van der Waals surface area contributed by atoms with Crippen LogP contribution in [-0.2, 0) is 6.42 Å². The summed E-state index contributed by atoms with van der Waals surface area (Å²) in [5.41, 5.74) is 16.2. The lowest BCUT2D eigenvalue weighted by atomic mass is 9.75. The molecule has 1 aliphatic rings. The molecule has 9 aromatic carbocycles. The van der Waals surface area contributed by atoms with E-state index in [1.54, 1.807) is 0 Å². The first-order valence-corrected chi connectivity index (χ1v) is 21.0. The van der Waals surface area contributed by atoms with Crippen molar-refractivity contribution in [2.24, 2.45) is 0 Å². The largest absolute Gasteiger partial charge is 0.456 e. The first kappa shape index (κ1) is 32.9. The van der Waals surface area contributed by atoms with Crippen LogP contribution in [0.15, 0.2) is 196 Å². The molecular formula is C57H33NO3. The Hall–Kier alpha value is -7.95. The highest BCUT2D eigenvalue weighted by atomic mass is 16.3. The molecule has 0 fully saturated rings. The standard InChI is InChI=1S/C57H33NO3/c59-57-44-23-20-33(32-10-2-1-3-11-32)28-46(44)41-16-8-17-42-47-30-35(21-26-49(47)58(57)55(41)42)38-15-9-19-52-53(38)48-31-36(22-27-51(48)60-52)45-29-34-12-4-5-13-37(34)40-24-25-43-39-14-6-7-18-50(39)61-56(43)54(40)45/h1-28,30-31,45H,29H2. The van der Waals surface area contributed by atoms with E-state index in [0.717, 1.165) is 111 Å². The number of benzene rings is 9. The maximum absolute atomic E-state index is 14.4. The summed E-state index contributed by atoms with van der Waals surface area (Å²) in [5.74, 6) is 0.0762. The summed E-state index contributed by atoms with van der Waals surface area (Å²) in [6.45, 7) is 0. The Morgan fingerprint density at radius 2 is 1.16 bits per heavy atom. The lowest BCUT2D eigenvalue weighted by Gasteiger charge is -2.28. The zero-order valence-electron chi connectivity index (χ0n) is 32.8. The van der Waals surface area contributed by atoms with E-state index in [4.69, 9.17) is 8.83 Å². The monoisotopic (exact) mass is 779 g/mol. The van der Waals surface area contributed by atoms with Gasteiger partial charge in [-0.3, -0.25) is 9.20 Å². The van der Waals surface area contributed by atoms with Gasteiger partial charge in [-0.2, -0.15) is 0 Å². The molecule has 4 heteroatoms. The average Bonchev–Trinajstić information content (AvgIpc) is 4.00. The van der Waals surface area contributed by atoms with Gasteiger partial charge in [0.05, 0.1) is 11.0 Å². The predicted octanol–water partition coefficient (Wildman–Crippen LogP) is 14.7. The van der Waals surface area contributed by atoms with Crippen molar-refractivity contribution < 1.29 is 8.83 Å². The molecule has 1 aliphatic carbocycles. The molecule has 4 nitrogen and oxygen atoms in total. The van der Waals surface area contributed by atoms with Crippen LogP contribution in [0, 0.1) is 0 Å². The molecule has 284 valence electrons. The number of aromatic nitrogens is 1. The third kappa shape index (κ3) is 4.51. The van der Waals surface area contributed by atoms with Crippen LogP contribution in [0.25, 0.3) is 115 Å². The van der Waals surface area contributed by atoms with Gasteiger partial charge in [0.15, 0.2) is 0 Å². The van der Waals surface area contributed by atoms with Gasteiger partial charge in [0.25, 0.3) is 5.56 Å². The number of rotatable bonds is 3. The smallest absolute Gasteiger partial charge is 0.263 e. The molecule has 4 heterocycles. The molecule has 0 aliphatic heterocycles. The number of hydrogen-bond donors (Lipinski definition) is 0. The van der Waals surface area contributed by atoms with Crippen molar-refractivity contribution in [2.75, 3.05) is 0 Å². The van der Waals surface area contributed by atoms with Crippen molar-refractivity contribution in [3.05, 3.63) is 209 Å². The van der Waals surface area contributed by atoms with Gasteiger partial charge in [0, 0.05) is 54.6 Å². The molecule has 0 amide bonds. The predicted molar refractivity (Wildman–Crippen MR) is 250 cm³/mol. The zero-order chi connectivity index (χ0) is 39.9. The lowest BCUT2D eigenvalue weighted by Crippen LogP contribution is -2.13. The second-order valence-electron chi connectivity index (χ2n) is 16.7. The van der Waals surface area contributed by atoms with Crippen molar-refractivity contribution >= 4 is 81.8 Å². The van der Waals surface area contributed by atoms with Crippen molar-refractivity contribution in [3.63, 3.8) is 0 Å². The maximum Gasteiger partial charge on any atom is 0.263 e. The topological polar surface area (TPSA) is 47.8 Å². The Bertz CT molecular complexity index is 4050. The number of nitrogens with zero attached hydrogens (tertiary/aromatic N) is 1. The number of fused-ring (bicyclic) bond motifs is 15. The highest BCUT2D eigenvalue weighted by Gasteiger charge is 2.31. The Morgan fingerprint density at radius 1 is 0.443 bits per heavy atom. The van der Waals surface area contributed by atoms with Gasteiger partial charge in [-0.25, -0.2) is 0 Å². The van der Waals surface area contributed by atoms with E-state index >= 15 is 0 Å². The van der Waals surface area contributed by atoms with E-state index in [0.29, 0.717) is 0 Å². The molecule has 0 saturated carbocycles. The average molecular weight is 780 g/mol. The maximum atomic E-state index is 14.4. The lowest BCUT2D eigenvalue weighted by molar-refractivity contribution is 0.653. The number of pyridine rings is 1. The Balaban J connectivity index is 0.966. The van der Waals surface area contributed by atoms with E-state index in [9.17, 15) is 4.79 Å². The Morgan fingerprint density at radius 3 is 2.10 bits per heavy atom. The molecular weight excluding hydrogens is 747 g/mol. The molecule has 14 rings (SSSR count). The van der Waals surface area contributed by atoms with Gasteiger partial charge in [0.2, 0.25) is 0 Å². The summed E-state index contributed by atoms with van der Waals surface area (Å²) >= 11 is 0. The minimum absolute atomic E-state index is 0.00311. The zero-order valence-corrected chi connectivity index (χ0v) is 32.8. The molecule has 0 radical (unpaired) electrons. The molecule has 61 heavy (non-hydrogen) atoms. The minimum atomic E-state index is 0.00311. The number of hydrogen-bond acceptors (Lipinski definition) is 3. The third-order valence-corrected chi connectivity index (χ3v) is 13.5. The third-order valence-electron chi connectivity index (χ3n) is 13.5. The van der Waals surface area contributed by atoms with Gasteiger partial charge in [-0.05, 0) is 111 Å². The summed E-state index contributed by atoms with van der Waals surface area (Å²) in [6, 6.07) is 64.3. The first-order valence-electron chi connectivity index (χ1n) is 21.0. The van der Waals surface area contributed by atoms with Gasteiger partial charge in [-0.1, -0.05) is 127 Å². The fraction of sp³-hybridized carbons (Fsp3) is 0.0351. The Kier molecular flexibility index (Phi) is 6.51. The van der Waals surface area contributed by atoms with Crippen molar-refractivity contribution in [2.45, 2.75) is 12.3 Å². The van der Waals surface area contributed by atoms with Crippen LogP contribution in [0.1, 0.15) is 22.6 Å². The quantitative estimate of drug-likeness (QED) is 0.168. The SMILES string of the molecule is O=c1c2ccc(-c3ccccc3)cc2c2cccc3c4cc(-c5cccc6oc7ccc(C8Cc9ccccc9-c9ccc%10c(oc%11ccccc%11%10)c98)cc7c56)ccc4n1c23. The molecule has 1 atom stereocenters. The van der Waals surface area contributed by atoms with E-state index < -0.39 is 0 Å². The van der Waals surface area contributed by atoms with Crippen molar-refractivity contribution in [1.29, 1.82) is 0 Å². The van der Waals surface area contributed by atoms with Crippen LogP contribution in [0.2, 0.25) is 0 Å². The van der Waals surface area contributed by atoms with Gasteiger partial charge < -0.3 is 8.83 Å². The first-order chi connectivity index (χ1) is 30.2. The van der Waals surface area contributed by atoms with Gasteiger partial charge >= 0.3 is 0 Å². The summed E-state index contributed by atoms with van der Waals surface area (Å²) in [5, 5.41) is 9.35. The molecule has 1 unspecified atom stereocenters. The second-order valence-corrected chi connectivity index (χ2v) is 16.7. The summed E-state index contributed by atoms with van der Waals surface area (Å²) < 4.78 is 15.3. The molecule has 0 spiro atoms. The normalized spacial score (nSPS) is 14.1. The van der Waals surface area contributed by atoms with E-state index in [-0.39, 0.29) is 11.5 Å². The highest BCUT2D eigenvalue weighted by Crippen LogP contribution is 2.49. The van der Waals surface area contributed by atoms with Crippen molar-refractivity contribution in [3.8, 4) is 33.4 Å². The van der Waals surface area contributed by atoms with Gasteiger partial charge in [-0.15, -0.1) is 0 Å². The molecule has 13 aromatic rings. The second kappa shape index (κ2) is 12.1. The fourth-order valence-electron chi connectivity index (χ4n) is 10.8.